The van der Waals surface area contributed by atoms with Gasteiger partial charge in [0.2, 0.25) is 5.78 Å². The Morgan fingerprint density at radius 2 is 1.92 bits per heavy atom. The van der Waals surface area contributed by atoms with Gasteiger partial charge in [0, 0.05) is 30.3 Å². The molecular weight excluding hydrogens is 354 g/mol. The molecule has 2 aromatic rings. The lowest BCUT2D eigenvalue weighted by Crippen LogP contribution is -2.20. The van der Waals surface area contributed by atoms with E-state index in [-0.39, 0.29) is 16.9 Å². The normalized spacial score (nSPS) is 16.3. The van der Waals surface area contributed by atoms with E-state index in [1.54, 1.807) is 26.1 Å². The number of nitrogens with one attached hydrogen (secondary N) is 1. The number of ether oxygens (including phenoxy) is 1. The lowest BCUT2D eigenvalue weighted by atomic mass is 9.99. The second-order valence-corrected chi connectivity index (χ2v) is 9.05. The molecule has 1 aromatic heterocycles. The number of carbonyl (C=O) groups excluding carboxylic acids is 1. The molecular formula is C18H23N3O4S. The molecule has 0 radical (unpaired) electrons. The number of benzene rings is 1. The van der Waals surface area contributed by atoms with E-state index in [2.05, 4.69) is 9.46 Å². The first kappa shape index (κ1) is 18.4. The number of nitrogens with zero attached hydrogens (tertiary/aromatic N) is 2. The van der Waals surface area contributed by atoms with Gasteiger partial charge in [-0.25, -0.2) is 4.21 Å². The summed E-state index contributed by atoms with van der Waals surface area (Å²) in [6.45, 7) is 1.75. The van der Waals surface area contributed by atoms with Gasteiger partial charge < -0.3 is 9.84 Å². The summed E-state index contributed by atoms with van der Waals surface area (Å²) in [6, 6.07) is 3.26. The second-order valence-electron chi connectivity index (χ2n) is 6.50. The van der Waals surface area contributed by atoms with Crippen LogP contribution in [0.15, 0.2) is 27.5 Å². The Hall–Kier alpha value is -2.35. The van der Waals surface area contributed by atoms with Crippen LogP contribution in [0.4, 0.5) is 5.69 Å². The molecule has 2 heterocycles. The van der Waals surface area contributed by atoms with E-state index in [9.17, 15) is 13.8 Å². The summed E-state index contributed by atoms with van der Waals surface area (Å²) in [4.78, 5) is 24.9. The third kappa shape index (κ3) is 3.33. The van der Waals surface area contributed by atoms with Crippen molar-refractivity contribution in [2.45, 2.75) is 26.2 Å². The fourth-order valence-corrected chi connectivity index (χ4v) is 5.42. The van der Waals surface area contributed by atoms with Crippen molar-refractivity contribution in [3.05, 3.63) is 45.4 Å². The van der Waals surface area contributed by atoms with Crippen molar-refractivity contribution in [3.63, 3.8) is 0 Å². The highest BCUT2D eigenvalue weighted by atomic mass is 32.2. The second kappa shape index (κ2) is 7.11. The predicted octanol–water partition coefficient (Wildman–Crippen LogP) is 2.54. The minimum atomic E-state index is -2.35. The van der Waals surface area contributed by atoms with Crippen LogP contribution in [0.5, 0.6) is 5.75 Å². The van der Waals surface area contributed by atoms with Gasteiger partial charge in [0.1, 0.15) is 17.0 Å². The first-order valence-corrected chi connectivity index (χ1v) is 10.4. The Morgan fingerprint density at radius 3 is 2.50 bits per heavy atom. The minimum absolute atomic E-state index is 0.0635. The molecule has 7 nitrogen and oxygen atoms in total. The van der Waals surface area contributed by atoms with Crippen molar-refractivity contribution < 1.29 is 13.7 Å². The van der Waals surface area contributed by atoms with Crippen LogP contribution in [-0.2, 0) is 16.8 Å². The number of carbonyl (C=O) groups is 1. The van der Waals surface area contributed by atoms with E-state index in [0.29, 0.717) is 34.1 Å². The van der Waals surface area contributed by atoms with Gasteiger partial charge in [-0.05, 0) is 37.5 Å². The van der Waals surface area contributed by atoms with Crippen LogP contribution in [0.1, 0.15) is 40.7 Å². The maximum atomic E-state index is 13.0. The van der Waals surface area contributed by atoms with Gasteiger partial charge in [-0.15, -0.1) is 0 Å². The number of ketones is 1. The van der Waals surface area contributed by atoms with Gasteiger partial charge in [0.05, 0.1) is 16.8 Å². The van der Waals surface area contributed by atoms with Crippen LogP contribution in [0.2, 0.25) is 0 Å². The molecule has 1 aromatic carbocycles. The zero-order valence-corrected chi connectivity index (χ0v) is 16.0. The molecule has 1 aliphatic rings. The quantitative estimate of drug-likeness (QED) is 0.829. The Morgan fingerprint density at radius 1 is 1.23 bits per heavy atom. The fourth-order valence-electron chi connectivity index (χ4n) is 3.16. The van der Waals surface area contributed by atoms with Gasteiger partial charge >= 0.3 is 0 Å². The highest BCUT2D eigenvalue weighted by Crippen LogP contribution is 2.36. The molecule has 0 spiro atoms. The highest BCUT2D eigenvalue weighted by molar-refractivity contribution is 7.93. The number of methoxy groups -OCH3 is 1. The van der Waals surface area contributed by atoms with Gasteiger partial charge in [-0.1, -0.05) is 6.42 Å². The number of hydrogen-bond acceptors (Lipinski definition) is 5. The number of hydrogen-bond donors (Lipinski definition) is 1. The third-order valence-electron chi connectivity index (χ3n) is 4.72. The van der Waals surface area contributed by atoms with Crippen molar-refractivity contribution in [1.82, 2.24) is 9.78 Å². The van der Waals surface area contributed by atoms with E-state index in [4.69, 9.17) is 4.74 Å². The number of H-pyrrole nitrogens is 1. The van der Waals surface area contributed by atoms with Crippen LogP contribution < -0.4 is 10.3 Å². The van der Waals surface area contributed by atoms with E-state index < -0.39 is 9.73 Å². The van der Waals surface area contributed by atoms with Gasteiger partial charge in [0.15, 0.2) is 0 Å². The van der Waals surface area contributed by atoms with E-state index in [0.717, 1.165) is 19.3 Å². The Balaban J connectivity index is 2.14. The van der Waals surface area contributed by atoms with Crippen molar-refractivity contribution in [3.8, 4) is 5.75 Å². The molecule has 1 saturated heterocycles. The maximum Gasteiger partial charge on any atom is 0.277 e. The Labute approximate surface area is 152 Å². The van der Waals surface area contributed by atoms with Crippen LogP contribution in [-0.4, -0.2) is 38.4 Å². The number of aryl methyl sites for hydroxylation is 1. The topological polar surface area (TPSA) is 93.5 Å². The molecule has 0 amide bonds. The molecule has 0 atom stereocenters. The van der Waals surface area contributed by atoms with Crippen LogP contribution >= 0.6 is 0 Å². The summed E-state index contributed by atoms with van der Waals surface area (Å²) in [5.41, 5.74) is 1.05. The monoisotopic (exact) mass is 377 g/mol. The summed E-state index contributed by atoms with van der Waals surface area (Å²) in [5, 5.41) is 2.71. The number of aromatic amines is 1. The Kier molecular flexibility index (Phi) is 5.04. The predicted molar refractivity (Wildman–Crippen MR) is 101 cm³/mol. The highest BCUT2D eigenvalue weighted by Gasteiger charge is 2.22. The molecule has 8 heteroatoms. The van der Waals surface area contributed by atoms with E-state index in [1.165, 1.54) is 18.0 Å². The van der Waals surface area contributed by atoms with E-state index >= 15 is 0 Å². The SMILES string of the molecule is COc1ccc(C(=O)c2c[nH]n(C)c2=O)c(C)c1N=S1(=O)CCCCC1. The number of aromatic nitrogens is 2. The minimum Gasteiger partial charge on any atom is -0.494 e. The molecule has 0 saturated carbocycles. The van der Waals surface area contributed by atoms with Crippen LogP contribution in [0.25, 0.3) is 0 Å². The van der Waals surface area contributed by atoms with Crippen molar-refractivity contribution in [2.24, 2.45) is 11.4 Å². The largest absolute Gasteiger partial charge is 0.494 e. The number of rotatable bonds is 4. The zero-order chi connectivity index (χ0) is 18.9. The average molecular weight is 377 g/mol. The summed E-state index contributed by atoms with van der Waals surface area (Å²) in [5.74, 6) is 1.22. The lowest BCUT2D eigenvalue weighted by Gasteiger charge is -2.17. The lowest BCUT2D eigenvalue weighted by molar-refractivity contribution is 0.103. The standard InChI is InChI=1S/C18H23N3O4S/c1-12-13(17(22)14-11-19-21(2)18(14)23)7-8-15(25-3)16(12)20-26(24)9-5-4-6-10-26/h7-8,11,19H,4-6,9-10H2,1-3H3. The smallest absolute Gasteiger partial charge is 0.277 e. The van der Waals surface area contributed by atoms with Crippen molar-refractivity contribution in [2.75, 3.05) is 18.6 Å². The summed E-state index contributed by atoms with van der Waals surface area (Å²) < 4.78 is 24.2. The molecule has 1 aliphatic heterocycles. The zero-order valence-electron chi connectivity index (χ0n) is 15.2. The molecule has 0 bridgehead atoms. The molecule has 3 rings (SSSR count). The first-order chi connectivity index (χ1) is 12.4. The maximum absolute atomic E-state index is 13.0. The molecule has 0 aliphatic carbocycles. The fraction of sp³-hybridized carbons (Fsp3) is 0.444. The molecule has 0 unspecified atom stereocenters. The van der Waals surface area contributed by atoms with Crippen LogP contribution in [0, 0.1) is 6.92 Å². The van der Waals surface area contributed by atoms with Gasteiger partial charge in [0.25, 0.3) is 5.56 Å². The molecule has 26 heavy (non-hydrogen) atoms. The Bertz CT molecular complexity index is 1010. The summed E-state index contributed by atoms with van der Waals surface area (Å²) in [6.07, 6.45) is 4.24. The van der Waals surface area contributed by atoms with Gasteiger partial charge in [-0.3, -0.25) is 14.3 Å². The third-order valence-corrected chi connectivity index (χ3v) is 7.09. The summed E-state index contributed by atoms with van der Waals surface area (Å²) >= 11 is 0. The van der Waals surface area contributed by atoms with Crippen molar-refractivity contribution >= 4 is 21.2 Å². The molecule has 140 valence electrons. The molecule has 1 N–H and O–H groups in total. The van der Waals surface area contributed by atoms with Crippen molar-refractivity contribution in [1.29, 1.82) is 0 Å². The van der Waals surface area contributed by atoms with Gasteiger partial charge in [-0.2, -0.15) is 4.36 Å². The summed E-state index contributed by atoms with van der Waals surface area (Å²) in [7, 11) is 0.721. The first-order valence-electron chi connectivity index (χ1n) is 8.55. The van der Waals surface area contributed by atoms with Crippen LogP contribution in [0.3, 0.4) is 0 Å². The average Bonchev–Trinajstić information content (AvgIpc) is 2.96. The van der Waals surface area contributed by atoms with E-state index in [1.807, 2.05) is 0 Å². The molecule has 1 fully saturated rings.